The minimum absolute atomic E-state index is 0.0429. The molecular weight excluding hydrogens is 633 g/mol. The molecule has 242 valence electrons. The summed E-state index contributed by atoms with van der Waals surface area (Å²) in [5.41, 5.74) is 4.02. The summed E-state index contributed by atoms with van der Waals surface area (Å²) in [4.78, 5) is 21.6. The molecule has 0 spiro atoms. The Morgan fingerprint density at radius 1 is 0.956 bits per heavy atom. The Bertz CT molecular complexity index is 1760. The van der Waals surface area contributed by atoms with Gasteiger partial charge in [0.25, 0.3) is 0 Å². The first-order valence-corrected chi connectivity index (χ1v) is 18.9. The number of aryl methyl sites for hydroxylation is 1. The van der Waals surface area contributed by atoms with E-state index in [-0.39, 0.29) is 41.8 Å². The molecule has 2 aromatic carbocycles. The van der Waals surface area contributed by atoms with Crippen molar-refractivity contribution in [2.24, 2.45) is 11.8 Å². The number of carbonyl (C=O) groups excluding carboxylic acids is 1. The van der Waals surface area contributed by atoms with Gasteiger partial charge in [0, 0.05) is 31.4 Å². The van der Waals surface area contributed by atoms with Gasteiger partial charge < -0.3 is 10.4 Å². The molecule has 0 saturated carbocycles. The monoisotopic (exact) mass is 672 g/mol. The molecule has 0 saturated heterocycles. The summed E-state index contributed by atoms with van der Waals surface area (Å²) in [6.45, 7) is 5.20. The van der Waals surface area contributed by atoms with Crippen LogP contribution in [-0.2, 0) is 37.5 Å². The molecule has 0 aliphatic heterocycles. The Morgan fingerprint density at radius 3 is 2.36 bits per heavy atom. The van der Waals surface area contributed by atoms with E-state index in [2.05, 4.69) is 15.3 Å². The van der Waals surface area contributed by atoms with E-state index < -0.39 is 43.8 Å². The second-order valence-electron chi connectivity index (χ2n) is 11.7. The number of sulfone groups is 1. The van der Waals surface area contributed by atoms with Crippen LogP contribution in [0.4, 0.5) is 0 Å². The summed E-state index contributed by atoms with van der Waals surface area (Å²) in [5.74, 6) is -1.93. The van der Waals surface area contributed by atoms with Crippen molar-refractivity contribution >= 4 is 47.3 Å². The van der Waals surface area contributed by atoms with Gasteiger partial charge in [-0.15, -0.1) is 11.3 Å². The van der Waals surface area contributed by atoms with Gasteiger partial charge in [-0.2, -0.15) is 4.31 Å². The second-order valence-corrected chi connectivity index (χ2v) is 16.7. The van der Waals surface area contributed by atoms with E-state index in [0.29, 0.717) is 11.9 Å². The van der Waals surface area contributed by atoms with Crippen molar-refractivity contribution < 1.29 is 26.7 Å². The van der Waals surface area contributed by atoms with Crippen LogP contribution in [0.25, 0.3) is 10.2 Å². The highest BCUT2D eigenvalue weighted by atomic mass is 32.2. The van der Waals surface area contributed by atoms with Gasteiger partial charge in [0.05, 0.1) is 44.3 Å². The van der Waals surface area contributed by atoms with Crippen LogP contribution in [0.15, 0.2) is 83.5 Å². The average molecular weight is 673 g/mol. The van der Waals surface area contributed by atoms with E-state index in [0.717, 1.165) is 15.8 Å². The third-order valence-electron chi connectivity index (χ3n) is 7.39. The van der Waals surface area contributed by atoms with E-state index in [1.807, 2.05) is 44.2 Å². The zero-order valence-electron chi connectivity index (χ0n) is 25.6. The number of thiazole rings is 1. The minimum Gasteiger partial charge on any atom is -0.390 e. The number of amides is 1. The van der Waals surface area contributed by atoms with Crippen LogP contribution in [0.1, 0.15) is 31.9 Å². The number of aliphatic hydroxyl groups excluding tert-OH is 1. The van der Waals surface area contributed by atoms with Crippen LogP contribution < -0.4 is 5.32 Å². The van der Waals surface area contributed by atoms with E-state index in [9.17, 15) is 26.7 Å². The molecule has 45 heavy (non-hydrogen) atoms. The number of sulfonamides is 1. The summed E-state index contributed by atoms with van der Waals surface area (Å²) in [7, 11) is -7.58. The number of pyridine rings is 1. The lowest BCUT2D eigenvalue weighted by atomic mass is 10.00. The molecule has 0 radical (unpaired) electrons. The first-order valence-electron chi connectivity index (χ1n) is 14.8. The summed E-state index contributed by atoms with van der Waals surface area (Å²) < 4.78 is 55.4. The molecule has 0 bridgehead atoms. The number of fused-ring (bicyclic) bond motifs is 1. The lowest BCUT2D eigenvalue weighted by Crippen LogP contribution is -2.52. The van der Waals surface area contributed by atoms with Crippen molar-refractivity contribution in [3.63, 3.8) is 0 Å². The van der Waals surface area contributed by atoms with Gasteiger partial charge >= 0.3 is 0 Å². The molecule has 0 aliphatic carbocycles. The van der Waals surface area contributed by atoms with Crippen molar-refractivity contribution in [3.8, 4) is 0 Å². The SMILES string of the molecule is CC(C)CN(C[C@@H](O)C(Cc1ccccc1)NC(=O)[C@H](C)CS(=O)(=O)CCc1ccncc1)S(=O)(=O)c1ccc2ncsc2c1. The number of nitrogens with zero attached hydrogens (tertiary/aromatic N) is 3. The van der Waals surface area contributed by atoms with Crippen molar-refractivity contribution in [1.82, 2.24) is 19.6 Å². The van der Waals surface area contributed by atoms with Crippen molar-refractivity contribution in [1.29, 1.82) is 0 Å². The van der Waals surface area contributed by atoms with Gasteiger partial charge in [0.15, 0.2) is 9.84 Å². The molecule has 10 nitrogen and oxygen atoms in total. The van der Waals surface area contributed by atoms with Crippen molar-refractivity contribution in [2.45, 2.75) is 50.7 Å². The number of aliphatic hydroxyl groups is 1. The fraction of sp³-hybridized carbons (Fsp3) is 0.406. The molecule has 2 aromatic heterocycles. The Morgan fingerprint density at radius 2 is 1.67 bits per heavy atom. The molecule has 0 fully saturated rings. The molecule has 4 aromatic rings. The molecule has 1 unspecified atom stereocenters. The van der Waals surface area contributed by atoms with E-state index in [1.165, 1.54) is 28.6 Å². The normalized spacial score (nSPS) is 14.4. The minimum atomic E-state index is -4.01. The quantitative estimate of drug-likeness (QED) is 0.183. The standard InChI is InChI=1S/C32H40N4O6S3/c1-23(2)19-36(45(41,42)27-9-10-28-31(18-27)43-22-34-28)20-30(37)29(17-26-7-5-4-6-8-26)35-32(38)24(3)21-44(39,40)16-13-25-11-14-33-15-12-25/h4-12,14-15,18,22-24,29-30,37H,13,16-17,19-21H2,1-3H3,(H,35,38)/t24-,29?,30-/m1/s1. The third kappa shape index (κ3) is 9.88. The van der Waals surface area contributed by atoms with E-state index >= 15 is 0 Å². The Kier molecular flexibility index (Phi) is 11.8. The van der Waals surface area contributed by atoms with Gasteiger partial charge in [-0.25, -0.2) is 21.8 Å². The third-order valence-corrected chi connectivity index (χ3v) is 11.8. The highest BCUT2D eigenvalue weighted by Gasteiger charge is 2.33. The van der Waals surface area contributed by atoms with Crippen LogP contribution in [0.2, 0.25) is 0 Å². The van der Waals surface area contributed by atoms with Gasteiger partial charge in [-0.1, -0.05) is 51.1 Å². The Balaban J connectivity index is 1.51. The maximum atomic E-state index is 13.8. The number of aromatic nitrogens is 2. The molecule has 2 heterocycles. The summed E-state index contributed by atoms with van der Waals surface area (Å²) in [6, 6.07) is 16.6. The molecule has 2 N–H and O–H groups in total. The number of hydrogen-bond acceptors (Lipinski definition) is 9. The fourth-order valence-corrected chi connectivity index (χ4v) is 9.06. The summed E-state index contributed by atoms with van der Waals surface area (Å²) in [6.07, 6.45) is 2.44. The molecule has 1 amide bonds. The Hall–Kier alpha value is -3.23. The average Bonchev–Trinajstić information content (AvgIpc) is 3.48. The predicted octanol–water partition coefficient (Wildman–Crippen LogP) is 3.72. The van der Waals surface area contributed by atoms with Crippen LogP contribution in [-0.4, -0.2) is 78.9 Å². The van der Waals surface area contributed by atoms with Gasteiger partial charge in [0.2, 0.25) is 15.9 Å². The van der Waals surface area contributed by atoms with Crippen LogP contribution in [0.5, 0.6) is 0 Å². The Labute approximate surface area is 269 Å². The topological polar surface area (TPSA) is 147 Å². The highest BCUT2D eigenvalue weighted by Crippen LogP contribution is 2.25. The van der Waals surface area contributed by atoms with Crippen LogP contribution in [0.3, 0.4) is 0 Å². The lowest BCUT2D eigenvalue weighted by molar-refractivity contribution is -0.125. The van der Waals surface area contributed by atoms with E-state index in [4.69, 9.17) is 0 Å². The number of rotatable bonds is 16. The highest BCUT2D eigenvalue weighted by molar-refractivity contribution is 7.91. The molecule has 4 rings (SSSR count). The first-order chi connectivity index (χ1) is 21.3. The second kappa shape index (κ2) is 15.4. The van der Waals surface area contributed by atoms with Gasteiger partial charge in [0.1, 0.15) is 0 Å². The number of hydrogen-bond donors (Lipinski definition) is 2. The van der Waals surface area contributed by atoms with Crippen molar-refractivity contribution in [3.05, 3.63) is 89.7 Å². The van der Waals surface area contributed by atoms with Crippen LogP contribution in [0, 0.1) is 11.8 Å². The number of nitrogens with one attached hydrogen (secondary N) is 1. The van der Waals surface area contributed by atoms with Gasteiger partial charge in [-0.3, -0.25) is 9.78 Å². The molecule has 3 atom stereocenters. The maximum Gasteiger partial charge on any atom is 0.243 e. The first kappa shape index (κ1) is 34.6. The molecular formula is C32H40N4O6S3. The molecule has 13 heteroatoms. The number of benzene rings is 2. The molecule has 0 aliphatic rings. The predicted molar refractivity (Wildman–Crippen MR) is 177 cm³/mol. The largest absolute Gasteiger partial charge is 0.390 e. The van der Waals surface area contributed by atoms with Crippen LogP contribution >= 0.6 is 11.3 Å². The maximum absolute atomic E-state index is 13.8. The summed E-state index contributed by atoms with van der Waals surface area (Å²) >= 11 is 1.34. The van der Waals surface area contributed by atoms with Crippen molar-refractivity contribution in [2.75, 3.05) is 24.6 Å². The lowest BCUT2D eigenvalue weighted by Gasteiger charge is -2.31. The summed E-state index contributed by atoms with van der Waals surface area (Å²) in [5, 5.41) is 14.4. The van der Waals surface area contributed by atoms with E-state index in [1.54, 1.807) is 42.2 Å². The zero-order chi connectivity index (χ0) is 32.6. The smallest absolute Gasteiger partial charge is 0.243 e. The fourth-order valence-electron chi connectivity index (χ4n) is 5.00. The zero-order valence-corrected chi connectivity index (χ0v) is 28.1. The number of carbonyl (C=O) groups is 1. The van der Waals surface area contributed by atoms with Gasteiger partial charge in [-0.05, 0) is 60.2 Å².